The van der Waals surface area contributed by atoms with Crippen LogP contribution in [0.15, 0.2) is 42.9 Å². The fourth-order valence-electron chi connectivity index (χ4n) is 4.54. The lowest BCUT2D eigenvalue weighted by Crippen LogP contribution is -2.49. The average Bonchev–Trinajstić information content (AvgIpc) is 2.78. The van der Waals surface area contributed by atoms with Crippen molar-refractivity contribution in [3.05, 3.63) is 71.3 Å². The summed E-state index contributed by atoms with van der Waals surface area (Å²) in [6.45, 7) is 3.50. The number of hydrogen-bond donors (Lipinski definition) is 3. The first-order chi connectivity index (χ1) is 16.1. The van der Waals surface area contributed by atoms with Gasteiger partial charge in [0, 0.05) is 31.1 Å². The summed E-state index contributed by atoms with van der Waals surface area (Å²) in [7, 11) is 0. The molecule has 3 aromatic rings. The molecular formula is C25H26F2N4O3. The number of carbonyl (C=O) groups is 1. The first-order valence-corrected chi connectivity index (χ1v) is 11.0. The van der Waals surface area contributed by atoms with E-state index in [4.69, 9.17) is 5.73 Å². The molecule has 9 heteroatoms. The molecule has 4 N–H and O–H groups in total. The van der Waals surface area contributed by atoms with Gasteiger partial charge in [-0.2, -0.15) is 0 Å². The molecule has 3 heterocycles. The Morgan fingerprint density at radius 2 is 1.97 bits per heavy atom. The molecule has 3 aromatic heterocycles. The third kappa shape index (κ3) is 4.41. The van der Waals surface area contributed by atoms with E-state index in [1.807, 2.05) is 6.92 Å². The van der Waals surface area contributed by atoms with Gasteiger partial charge in [0.1, 0.15) is 17.1 Å². The van der Waals surface area contributed by atoms with Gasteiger partial charge < -0.3 is 15.9 Å². The minimum atomic E-state index is -1.19. The first kappa shape index (κ1) is 23.8. The Labute approximate surface area is 195 Å². The Balaban J connectivity index is 1.65. The van der Waals surface area contributed by atoms with E-state index in [2.05, 4.69) is 15.0 Å². The Morgan fingerprint density at radius 1 is 1.21 bits per heavy atom. The number of hydrogen-bond acceptors (Lipinski definition) is 7. The highest BCUT2D eigenvalue weighted by atomic mass is 19.1. The van der Waals surface area contributed by atoms with Crippen LogP contribution in [0.3, 0.4) is 0 Å². The maximum absolute atomic E-state index is 14.5. The van der Waals surface area contributed by atoms with Crippen LogP contribution in [-0.4, -0.2) is 42.7 Å². The third-order valence-electron chi connectivity index (χ3n) is 6.80. The summed E-state index contributed by atoms with van der Waals surface area (Å²) in [4.78, 5) is 25.2. The van der Waals surface area contributed by atoms with Gasteiger partial charge in [-0.3, -0.25) is 14.8 Å². The van der Waals surface area contributed by atoms with Crippen LogP contribution >= 0.6 is 0 Å². The molecule has 0 aliphatic heterocycles. The van der Waals surface area contributed by atoms with Crippen molar-refractivity contribution in [2.45, 2.75) is 50.7 Å². The van der Waals surface area contributed by atoms with Gasteiger partial charge in [0.05, 0.1) is 17.4 Å². The standard InChI is InChI=1S/C25H26F2N4O3/c1-13-8-14(10-21(33)25(13,2)34)16-5-7-29-12-15(16)9-20(32)24-19(28)11-18(27)23(31-24)22-17(26)4-3-6-30-22/h3-7,11-14,21,33-34H,8-10,28H2,1-2H3/t13-,14+,21+,25+/m0/s1. The summed E-state index contributed by atoms with van der Waals surface area (Å²) in [5.41, 5.74) is 5.11. The van der Waals surface area contributed by atoms with Gasteiger partial charge >= 0.3 is 0 Å². The monoisotopic (exact) mass is 468 g/mol. The predicted octanol–water partition coefficient (Wildman–Crippen LogP) is 3.45. The van der Waals surface area contributed by atoms with E-state index in [0.29, 0.717) is 18.4 Å². The van der Waals surface area contributed by atoms with Gasteiger partial charge in [-0.1, -0.05) is 6.92 Å². The van der Waals surface area contributed by atoms with E-state index in [9.17, 15) is 23.8 Å². The fourth-order valence-corrected chi connectivity index (χ4v) is 4.54. The smallest absolute Gasteiger partial charge is 0.187 e. The number of rotatable bonds is 5. The lowest BCUT2D eigenvalue weighted by atomic mass is 9.68. The van der Waals surface area contributed by atoms with E-state index in [1.165, 1.54) is 12.3 Å². The van der Waals surface area contributed by atoms with Crippen LogP contribution in [0.1, 0.15) is 54.2 Å². The van der Waals surface area contributed by atoms with Gasteiger partial charge in [0.15, 0.2) is 17.4 Å². The fraction of sp³-hybridized carbons (Fsp3) is 0.360. The number of aromatic nitrogens is 3. The Hall–Kier alpha value is -3.30. The number of ketones is 1. The molecule has 7 nitrogen and oxygen atoms in total. The lowest BCUT2D eigenvalue weighted by molar-refractivity contribution is -0.123. The molecule has 0 saturated heterocycles. The number of anilines is 1. The van der Waals surface area contributed by atoms with Crippen molar-refractivity contribution in [3.63, 3.8) is 0 Å². The van der Waals surface area contributed by atoms with Crippen LogP contribution in [0.25, 0.3) is 11.4 Å². The SMILES string of the molecule is C[C@H]1C[C@@H](c2ccncc2CC(=O)c2nc(-c3ncccc3F)c(F)cc2N)C[C@@H](O)[C@]1(C)O. The van der Waals surface area contributed by atoms with Crippen molar-refractivity contribution in [3.8, 4) is 11.4 Å². The Kier molecular flexibility index (Phi) is 6.42. The van der Waals surface area contributed by atoms with E-state index in [-0.39, 0.29) is 35.3 Å². The number of nitrogens with two attached hydrogens (primary N) is 1. The van der Waals surface area contributed by atoms with Crippen LogP contribution in [0, 0.1) is 17.6 Å². The molecule has 0 spiro atoms. The molecule has 0 aromatic carbocycles. The molecule has 1 aliphatic carbocycles. The van der Waals surface area contributed by atoms with Gasteiger partial charge in [-0.05, 0) is 60.9 Å². The molecule has 178 valence electrons. The number of Topliss-reactive ketones (excluding diaryl/α,β-unsaturated/α-hetero) is 1. The van der Waals surface area contributed by atoms with E-state index in [1.54, 1.807) is 25.4 Å². The van der Waals surface area contributed by atoms with E-state index >= 15 is 0 Å². The van der Waals surface area contributed by atoms with Crippen LogP contribution in [0.4, 0.5) is 14.5 Å². The van der Waals surface area contributed by atoms with Crippen LogP contribution in [0.2, 0.25) is 0 Å². The van der Waals surface area contributed by atoms with Crippen LogP contribution in [0.5, 0.6) is 0 Å². The van der Waals surface area contributed by atoms with Crippen LogP contribution in [-0.2, 0) is 6.42 Å². The van der Waals surface area contributed by atoms with Crippen molar-refractivity contribution in [1.29, 1.82) is 0 Å². The zero-order valence-corrected chi connectivity index (χ0v) is 18.9. The van der Waals surface area contributed by atoms with Crippen molar-refractivity contribution in [2.75, 3.05) is 5.73 Å². The number of nitrogen functional groups attached to an aromatic ring is 1. The number of aliphatic hydroxyl groups excluding tert-OH is 1. The molecule has 1 aliphatic rings. The Morgan fingerprint density at radius 3 is 2.68 bits per heavy atom. The third-order valence-corrected chi connectivity index (χ3v) is 6.80. The van der Waals surface area contributed by atoms with Crippen LogP contribution < -0.4 is 5.73 Å². The largest absolute Gasteiger partial charge is 0.397 e. The van der Waals surface area contributed by atoms with Crippen molar-refractivity contribution in [1.82, 2.24) is 15.0 Å². The van der Waals surface area contributed by atoms with Crippen molar-refractivity contribution >= 4 is 11.5 Å². The van der Waals surface area contributed by atoms with Gasteiger partial charge in [0.25, 0.3) is 0 Å². The quantitative estimate of drug-likeness (QED) is 0.490. The maximum atomic E-state index is 14.5. The topological polar surface area (TPSA) is 122 Å². The Bertz CT molecular complexity index is 1220. The molecule has 0 radical (unpaired) electrons. The molecule has 0 bridgehead atoms. The maximum Gasteiger partial charge on any atom is 0.187 e. The zero-order valence-electron chi connectivity index (χ0n) is 18.9. The highest BCUT2D eigenvalue weighted by molar-refractivity contribution is 6.00. The molecule has 1 saturated carbocycles. The molecular weight excluding hydrogens is 442 g/mol. The second-order valence-electron chi connectivity index (χ2n) is 9.08. The van der Waals surface area contributed by atoms with Gasteiger partial charge in [0.2, 0.25) is 0 Å². The second-order valence-corrected chi connectivity index (χ2v) is 9.08. The highest BCUT2D eigenvalue weighted by Crippen LogP contribution is 2.42. The summed E-state index contributed by atoms with van der Waals surface area (Å²) in [6, 6.07) is 5.23. The minimum absolute atomic E-state index is 0.0901. The first-order valence-electron chi connectivity index (χ1n) is 11.0. The molecule has 4 atom stereocenters. The summed E-state index contributed by atoms with van der Waals surface area (Å²) in [5.74, 6) is -2.39. The zero-order chi connectivity index (χ0) is 24.6. The highest BCUT2D eigenvalue weighted by Gasteiger charge is 2.43. The molecule has 4 rings (SSSR count). The number of aliphatic hydroxyl groups is 2. The average molecular weight is 469 g/mol. The second kappa shape index (κ2) is 9.15. The van der Waals surface area contributed by atoms with Crippen molar-refractivity contribution < 1.29 is 23.8 Å². The predicted molar refractivity (Wildman–Crippen MR) is 122 cm³/mol. The minimum Gasteiger partial charge on any atom is -0.397 e. The van der Waals surface area contributed by atoms with Gasteiger partial charge in [-0.25, -0.2) is 13.8 Å². The number of pyridine rings is 3. The van der Waals surface area contributed by atoms with E-state index in [0.717, 1.165) is 17.7 Å². The molecule has 1 fully saturated rings. The van der Waals surface area contributed by atoms with E-state index < -0.39 is 34.8 Å². The number of halogens is 2. The molecule has 34 heavy (non-hydrogen) atoms. The summed E-state index contributed by atoms with van der Waals surface area (Å²) >= 11 is 0. The number of carbonyl (C=O) groups excluding carboxylic acids is 1. The molecule has 0 amide bonds. The lowest BCUT2D eigenvalue weighted by Gasteiger charge is -2.43. The van der Waals surface area contributed by atoms with Gasteiger partial charge in [-0.15, -0.1) is 0 Å². The summed E-state index contributed by atoms with van der Waals surface area (Å²) < 4.78 is 28.7. The normalized spacial score (nSPS) is 24.7. The van der Waals surface area contributed by atoms with Crippen molar-refractivity contribution in [2.24, 2.45) is 5.92 Å². The summed E-state index contributed by atoms with van der Waals surface area (Å²) in [5, 5.41) is 21.0. The molecule has 0 unspecified atom stereocenters. The number of nitrogens with zero attached hydrogens (tertiary/aromatic N) is 3. The summed E-state index contributed by atoms with van der Waals surface area (Å²) in [6.07, 6.45) is 4.40.